The summed E-state index contributed by atoms with van der Waals surface area (Å²) in [7, 11) is 0. The predicted molar refractivity (Wildman–Crippen MR) is 82.5 cm³/mol. The van der Waals surface area contributed by atoms with E-state index in [0.29, 0.717) is 0 Å². The van der Waals surface area contributed by atoms with Gasteiger partial charge in [0, 0.05) is 45.3 Å². The molecule has 2 fully saturated rings. The van der Waals surface area contributed by atoms with Crippen molar-refractivity contribution in [3.63, 3.8) is 0 Å². The molecule has 6 heteroatoms. The maximum Gasteiger partial charge on any atom is 0.227 e. The average Bonchev–Trinajstić information content (AvgIpc) is 2.96. The summed E-state index contributed by atoms with van der Waals surface area (Å²) < 4.78 is 0. The minimum absolute atomic E-state index is 0.0403. The number of aromatic nitrogens is 2. The number of piperidine rings is 1. The number of carbonyl (C=O) groups excluding carboxylic acids is 1. The van der Waals surface area contributed by atoms with Gasteiger partial charge in [-0.1, -0.05) is 0 Å². The summed E-state index contributed by atoms with van der Waals surface area (Å²) in [4.78, 5) is 24.8. The minimum Gasteiger partial charge on any atom is -0.354 e. The molecule has 114 valence electrons. The normalized spacial score (nSPS) is 22.4. The van der Waals surface area contributed by atoms with Crippen LogP contribution in [0.2, 0.25) is 0 Å². The van der Waals surface area contributed by atoms with Gasteiger partial charge >= 0.3 is 0 Å². The number of nitrogens with one attached hydrogen (secondary N) is 1. The second-order valence-corrected chi connectivity index (χ2v) is 5.89. The number of hydrogen-bond donors (Lipinski definition) is 1. The number of carbonyl (C=O) groups is 1. The van der Waals surface area contributed by atoms with Crippen LogP contribution in [0, 0.1) is 0 Å². The molecule has 0 aliphatic carbocycles. The van der Waals surface area contributed by atoms with Gasteiger partial charge in [-0.15, -0.1) is 0 Å². The fourth-order valence-corrected chi connectivity index (χ4v) is 3.14. The van der Waals surface area contributed by atoms with E-state index in [2.05, 4.69) is 20.1 Å². The Hall–Kier alpha value is -1.85. The lowest BCUT2D eigenvalue weighted by Gasteiger charge is -2.27. The van der Waals surface area contributed by atoms with E-state index >= 15 is 0 Å². The summed E-state index contributed by atoms with van der Waals surface area (Å²) >= 11 is 0. The van der Waals surface area contributed by atoms with E-state index < -0.39 is 0 Å². The zero-order valence-electron chi connectivity index (χ0n) is 12.6. The van der Waals surface area contributed by atoms with Gasteiger partial charge in [0.05, 0.1) is 0 Å². The number of hydrogen-bond acceptors (Lipinski definition) is 5. The molecule has 6 nitrogen and oxygen atoms in total. The van der Waals surface area contributed by atoms with E-state index in [9.17, 15) is 4.79 Å². The molecular weight excluding hydrogens is 266 g/mol. The molecule has 1 aromatic heterocycles. The number of rotatable bonds is 3. The quantitative estimate of drug-likeness (QED) is 0.905. The lowest BCUT2D eigenvalue weighted by molar-refractivity contribution is -0.119. The number of nitrogens with zero attached hydrogens (tertiary/aromatic N) is 4. The zero-order chi connectivity index (χ0) is 14.7. The van der Waals surface area contributed by atoms with Crippen LogP contribution in [0.3, 0.4) is 0 Å². The minimum atomic E-state index is 0.0403. The van der Waals surface area contributed by atoms with Gasteiger partial charge < -0.3 is 15.1 Å². The van der Waals surface area contributed by atoms with Crippen molar-refractivity contribution < 1.29 is 4.79 Å². The van der Waals surface area contributed by atoms with Crippen LogP contribution in [0.5, 0.6) is 0 Å². The topological polar surface area (TPSA) is 61.4 Å². The van der Waals surface area contributed by atoms with Crippen molar-refractivity contribution in [2.45, 2.75) is 38.6 Å². The highest BCUT2D eigenvalue weighted by atomic mass is 16.1. The van der Waals surface area contributed by atoms with Crippen molar-refractivity contribution in [3.8, 4) is 0 Å². The van der Waals surface area contributed by atoms with Crippen LogP contribution in [0.25, 0.3) is 0 Å². The lowest BCUT2D eigenvalue weighted by atomic mass is 10.1. The van der Waals surface area contributed by atoms with Crippen LogP contribution in [0.15, 0.2) is 12.3 Å². The molecule has 3 heterocycles. The van der Waals surface area contributed by atoms with Gasteiger partial charge in [0.1, 0.15) is 5.82 Å². The molecule has 2 saturated heterocycles. The van der Waals surface area contributed by atoms with Gasteiger partial charge in [-0.25, -0.2) is 4.98 Å². The Kier molecular flexibility index (Phi) is 4.22. The Balaban J connectivity index is 1.67. The van der Waals surface area contributed by atoms with E-state index in [1.165, 1.54) is 19.3 Å². The molecule has 0 spiro atoms. The number of amides is 1. The highest BCUT2D eigenvalue weighted by Gasteiger charge is 2.24. The van der Waals surface area contributed by atoms with Crippen LogP contribution < -0.4 is 15.1 Å². The van der Waals surface area contributed by atoms with Crippen LogP contribution in [0.4, 0.5) is 11.8 Å². The Labute approximate surface area is 125 Å². The second kappa shape index (κ2) is 6.28. The molecule has 0 aromatic carbocycles. The van der Waals surface area contributed by atoms with Crippen molar-refractivity contribution >= 4 is 17.7 Å². The largest absolute Gasteiger partial charge is 0.354 e. The summed E-state index contributed by atoms with van der Waals surface area (Å²) in [6.45, 7) is 5.44. The van der Waals surface area contributed by atoms with Crippen LogP contribution >= 0.6 is 0 Å². The Morgan fingerprint density at radius 1 is 1.24 bits per heavy atom. The average molecular weight is 289 g/mol. The van der Waals surface area contributed by atoms with Crippen molar-refractivity contribution in [1.82, 2.24) is 15.3 Å². The molecular formula is C15H23N5O. The fraction of sp³-hybridized carbons (Fsp3) is 0.667. The van der Waals surface area contributed by atoms with Gasteiger partial charge in [-0.2, -0.15) is 4.98 Å². The van der Waals surface area contributed by atoms with E-state index in [0.717, 1.165) is 44.4 Å². The molecule has 2 aliphatic rings. The molecule has 1 amide bonds. The molecule has 0 radical (unpaired) electrons. The first-order valence-corrected chi connectivity index (χ1v) is 7.82. The van der Waals surface area contributed by atoms with Crippen LogP contribution in [0.1, 0.15) is 32.6 Å². The summed E-state index contributed by atoms with van der Waals surface area (Å²) in [6.07, 6.45) is 6.57. The first-order chi connectivity index (χ1) is 10.2. The smallest absolute Gasteiger partial charge is 0.227 e. The third-order valence-corrected chi connectivity index (χ3v) is 4.19. The molecule has 0 saturated carbocycles. The van der Waals surface area contributed by atoms with Crippen molar-refractivity contribution in [1.29, 1.82) is 0 Å². The molecule has 1 N–H and O–H groups in total. The molecule has 1 aromatic rings. The highest BCUT2D eigenvalue weighted by Crippen LogP contribution is 2.21. The summed E-state index contributed by atoms with van der Waals surface area (Å²) in [6, 6.07) is 2.19. The Morgan fingerprint density at radius 2 is 2.05 bits per heavy atom. The SMILES string of the molecule is CC(=O)NC1CCN(c2ccnc(N3CCCCC3)n2)C1. The molecule has 21 heavy (non-hydrogen) atoms. The summed E-state index contributed by atoms with van der Waals surface area (Å²) in [5.41, 5.74) is 0. The second-order valence-electron chi connectivity index (χ2n) is 5.89. The van der Waals surface area contributed by atoms with E-state index in [-0.39, 0.29) is 11.9 Å². The third-order valence-electron chi connectivity index (χ3n) is 4.19. The van der Waals surface area contributed by atoms with Crippen molar-refractivity contribution in [2.24, 2.45) is 0 Å². The van der Waals surface area contributed by atoms with Crippen LogP contribution in [-0.4, -0.2) is 48.1 Å². The summed E-state index contributed by atoms with van der Waals surface area (Å²) in [5, 5.41) is 2.99. The Bertz CT molecular complexity index is 501. The molecule has 3 rings (SSSR count). The maximum atomic E-state index is 11.1. The van der Waals surface area contributed by atoms with Gasteiger partial charge in [-0.3, -0.25) is 4.79 Å². The lowest BCUT2D eigenvalue weighted by Crippen LogP contribution is -2.36. The van der Waals surface area contributed by atoms with Gasteiger partial charge in [0.15, 0.2) is 0 Å². The van der Waals surface area contributed by atoms with Crippen molar-refractivity contribution in [2.75, 3.05) is 36.0 Å². The molecule has 1 unspecified atom stereocenters. The first-order valence-electron chi connectivity index (χ1n) is 7.82. The predicted octanol–water partition coefficient (Wildman–Crippen LogP) is 1.18. The highest BCUT2D eigenvalue weighted by molar-refractivity contribution is 5.73. The molecule has 1 atom stereocenters. The van der Waals surface area contributed by atoms with Crippen LogP contribution in [-0.2, 0) is 4.79 Å². The maximum absolute atomic E-state index is 11.1. The fourth-order valence-electron chi connectivity index (χ4n) is 3.14. The molecule has 0 bridgehead atoms. The third kappa shape index (κ3) is 3.43. The Morgan fingerprint density at radius 3 is 2.81 bits per heavy atom. The van der Waals surface area contributed by atoms with E-state index in [1.807, 2.05) is 12.3 Å². The van der Waals surface area contributed by atoms with Gasteiger partial charge in [-0.05, 0) is 31.7 Å². The van der Waals surface area contributed by atoms with E-state index in [1.54, 1.807) is 6.92 Å². The first kappa shape index (κ1) is 14.1. The zero-order valence-corrected chi connectivity index (χ0v) is 12.6. The number of anilines is 2. The standard InChI is InChI=1S/C15H23N5O/c1-12(21)17-13-6-10-20(11-13)14-5-7-16-15(18-14)19-8-3-2-4-9-19/h5,7,13H,2-4,6,8-11H2,1H3,(H,17,21). The van der Waals surface area contributed by atoms with Gasteiger partial charge in [0.25, 0.3) is 0 Å². The molecule has 2 aliphatic heterocycles. The van der Waals surface area contributed by atoms with Crippen molar-refractivity contribution in [3.05, 3.63) is 12.3 Å². The van der Waals surface area contributed by atoms with Gasteiger partial charge in [0.2, 0.25) is 11.9 Å². The summed E-state index contributed by atoms with van der Waals surface area (Å²) in [5.74, 6) is 1.85. The van der Waals surface area contributed by atoms with E-state index in [4.69, 9.17) is 4.98 Å². The monoisotopic (exact) mass is 289 g/mol.